The number of anilines is 1. The number of hydrogen-bond acceptors (Lipinski definition) is 3. The van der Waals surface area contributed by atoms with E-state index in [4.69, 9.17) is 28.9 Å². The van der Waals surface area contributed by atoms with Crippen molar-refractivity contribution in [1.29, 1.82) is 0 Å². The first-order chi connectivity index (χ1) is 12.3. The van der Waals surface area contributed by atoms with Gasteiger partial charge in [0.15, 0.2) is 0 Å². The van der Waals surface area contributed by atoms with Gasteiger partial charge < -0.3 is 10.3 Å². The first-order valence-electron chi connectivity index (χ1n) is 8.12. The molecular weight excluding hydrogens is 393 g/mol. The fraction of sp³-hybridized carbons (Fsp3) is 0.222. The molecule has 3 aromatic rings. The maximum Gasteiger partial charge on any atom is 0.244 e. The maximum absolute atomic E-state index is 12.8. The number of aromatic nitrogens is 1. The average Bonchev–Trinajstić information content (AvgIpc) is 2.96. The van der Waals surface area contributed by atoms with Crippen molar-refractivity contribution in [2.75, 3.05) is 5.73 Å². The molecule has 3 rings (SSSR count). The van der Waals surface area contributed by atoms with E-state index in [-0.39, 0.29) is 26.7 Å². The molecule has 0 aliphatic rings. The van der Waals surface area contributed by atoms with Gasteiger partial charge in [-0.25, -0.2) is 13.1 Å². The minimum Gasteiger partial charge on any atom is -0.398 e. The van der Waals surface area contributed by atoms with Crippen LogP contribution < -0.4 is 10.5 Å². The van der Waals surface area contributed by atoms with E-state index >= 15 is 0 Å². The van der Waals surface area contributed by atoms with Crippen LogP contribution in [0.1, 0.15) is 13.3 Å². The lowest BCUT2D eigenvalue weighted by molar-refractivity contribution is 0.492. The van der Waals surface area contributed by atoms with Gasteiger partial charge in [0, 0.05) is 29.3 Å². The first-order valence-corrected chi connectivity index (χ1v) is 10.4. The summed E-state index contributed by atoms with van der Waals surface area (Å²) in [6, 6.07) is 12.4. The number of nitrogen functional groups attached to an aromatic ring is 1. The Morgan fingerprint density at radius 1 is 1.19 bits per heavy atom. The Hall–Kier alpha value is -1.73. The molecule has 0 spiro atoms. The topological polar surface area (TPSA) is 77.1 Å². The first kappa shape index (κ1) is 19.0. The minimum absolute atomic E-state index is 0.00349. The lowest BCUT2D eigenvalue weighted by atomic mass is 10.2. The second-order valence-electron chi connectivity index (χ2n) is 6.06. The van der Waals surface area contributed by atoms with Crippen LogP contribution in [-0.2, 0) is 16.6 Å². The Balaban J connectivity index is 1.88. The van der Waals surface area contributed by atoms with Crippen LogP contribution in [0.5, 0.6) is 0 Å². The summed E-state index contributed by atoms with van der Waals surface area (Å²) < 4.78 is 30.4. The molecule has 2 aromatic carbocycles. The number of para-hydroxylation sites is 1. The van der Waals surface area contributed by atoms with Crippen molar-refractivity contribution in [3.05, 3.63) is 58.7 Å². The quantitative estimate of drug-likeness (QED) is 0.593. The third-order valence-corrected chi connectivity index (χ3v) is 6.48. The van der Waals surface area contributed by atoms with Crippen LogP contribution in [0.15, 0.2) is 53.6 Å². The van der Waals surface area contributed by atoms with E-state index in [1.165, 1.54) is 12.1 Å². The lowest BCUT2D eigenvalue weighted by Gasteiger charge is -2.20. The Morgan fingerprint density at radius 2 is 1.92 bits per heavy atom. The number of nitrogens with two attached hydrogens (primary N) is 1. The molecule has 0 aliphatic heterocycles. The van der Waals surface area contributed by atoms with E-state index in [1.807, 2.05) is 48.0 Å². The van der Waals surface area contributed by atoms with E-state index in [0.717, 1.165) is 10.9 Å². The molecular formula is C18H19Cl2N3O2S. The molecule has 138 valence electrons. The third kappa shape index (κ3) is 3.83. The highest BCUT2D eigenvalue weighted by molar-refractivity contribution is 7.89. The van der Waals surface area contributed by atoms with Crippen molar-refractivity contribution in [2.24, 2.45) is 0 Å². The number of halogens is 2. The molecule has 26 heavy (non-hydrogen) atoms. The summed E-state index contributed by atoms with van der Waals surface area (Å²) in [5, 5.41) is 1.40. The normalized spacial score (nSPS) is 13.2. The van der Waals surface area contributed by atoms with Crippen molar-refractivity contribution in [2.45, 2.75) is 30.8 Å². The van der Waals surface area contributed by atoms with Gasteiger partial charge in [0.05, 0.1) is 10.7 Å². The number of nitrogens with zero attached hydrogens (tertiary/aromatic N) is 1. The van der Waals surface area contributed by atoms with E-state index in [0.29, 0.717) is 13.0 Å². The molecule has 0 fully saturated rings. The fourth-order valence-electron chi connectivity index (χ4n) is 2.93. The van der Waals surface area contributed by atoms with Gasteiger partial charge in [0.1, 0.15) is 4.90 Å². The van der Waals surface area contributed by atoms with Crippen molar-refractivity contribution >= 4 is 49.8 Å². The largest absolute Gasteiger partial charge is 0.398 e. The number of nitrogens with one attached hydrogen (secondary N) is 1. The molecule has 5 nitrogen and oxygen atoms in total. The standard InChI is InChI=1S/C18H19Cl2N3O2S/c1-2-14(11-23-8-7-12-5-3-4-6-17(12)23)22-26(24,25)18-15(20)9-13(19)10-16(18)21/h3-10,14,22H,2,11,21H2,1H3. The molecule has 0 saturated heterocycles. The molecule has 0 bridgehead atoms. The number of hydrogen-bond donors (Lipinski definition) is 2. The summed E-state index contributed by atoms with van der Waals surface area (Å²) in [6.07, 6.45) is 2.56. The Labute approximate surface area is 162 Å². The van der Waals surface area contributed by atoms with E-state index in [2.05, 4.69) is 4.72 Å². The predicted octanol–water partition coefficient (Wildman–Crippen LogP) is 4.29. The molecule has 1 unspecified atom stereocenters. The molecule has 0 radical (unpaired) electrons. The molecule has 0 saturated carbocycles. The van der Waals surface area contributed by atoms with Gasteiger partial charge in [-0.2, -0.15) is 0 Å². The highest BCUT2D eigenvalue weighted by Gasteiger charge is 2.25. The van der Waals surface area contributed by atoms with Gasteiger partial charge in [-0.15, -0.1) is 0 Å². The van der Waals surface area contributed by atoms with Gasteiger partial charge in [-0.05, 0) is 36.1 Å². The summed E-state index contributed by atoms with van der Waals surface area (Å²) in [5.74, 6) is 0. The summed E-state index contributed by atoms with van der Waals surface area (Å²) in [5.41, 5.74) is 6.92. The summed E-state index contributed by atoms with van der Waals surface area (Å²) in [6.45, 7) is 2.42. The van der Waals surface area contributed by atoms with Gasteiger partial charge >= 0.3 is 0 Å². The molecule has 3 N–H and O–H groups in total. The Bertz CT molecular complexity index is 1020. The highest BCUT2D eigenvalue weighted by atomic mass is 35.5. The second-order valence-corrected chi connectivity index (χ2v) is 8.55. The second kappa shape index (κ2) is 7.48. The van der Waals surface area contributed by atoms with Crippen LogP contribution in [-0.4, -0.2) is 19.0 Å². The van der Waals surface area contributed by atoms with Crippen molar-refractivity contribution in [3.63, 3.8) is 0 Å². The molecule has 1 heterocycles. The van der Waals surface area contributed by atoms with E-state index in [1.54, 1.807) is 0 Å². The number of sulfonamides is 1. The van der Waals surface area contributed by atoms with Crippen LogP contribution in [0.2, 0.25) is 10.0 Å². The lowest BCUT2D eigenvalue weighted by Crippen LogP contribution is -2.37. The summed E-state index contributed by atoms with van der Waals surface area (Å²) in [7, 11) is -3.89. The monoisotopic (exact) mass is 411 g/mol. The number of benzene rings is 2. The predicted molar refractivity (Wildman–Crippen MR) is 107 cm³/mol. The van der Waals surface area contributed by atoms with Gasteiger partial charge in [-0.1, -0.05) is 48.3 Å². The zero-order valence-electron chi connectivity index (χ0n) is 14.1. The highest BCUT2D eigenvalue weighted by Crippen LogP contribution is 2.31. The Morgan fingerprint density at radius 3 is 2.62 bits per heavy atom. The van der Waals surface area contributed by atoms with Crippen LogP contribution in [0, 0.1) is 0 Å². The van der Waals surface area contributed by atoms with Crippen molar-refractivity contribution in [1.82, 2.24) is 9.29 Å². The SMILES string of the molecule is CCC(Cn1ccc2ccccc21)NS(=O)(=O)c1c(N)cc(Cl)cc1Cl. The summed E-state index contributed by atoms with van der Waals surface area (Å²) in [4.78, 5) is -0.139. The van der Waals surface area contributed by atoms with Gasteiger partial charge in [0.25, 0.3) is 0 Å². The number of rotatable bonds is 6. The molecule has 8 heteroatoms. The van der Waals surface area contributed by atoms with E-state index < -0.39 is 10.0 Å². The van der Waals surface area contributed by atoms with Crippen LogP contribution in [0.3, 0.4) is 0 Å². The zero-order chi connectivity index (χ0) is 18.9. The van der Waals surface area contributed by atoms with Gasteiger partial charge in [-0.3, -0.25) is 0 Å². The average molecular weight is 412 g/mol. The zero-order valence-corrected chi connectivity index (χ0v) is 16.4. The molecule has 1 aromatic heterocycles. The van der Waals surface area contributed by atoms with Crippen molar-refractivity contribution in [3.8, 4) is 0 Å². The summed E-state index contributed by atoms with van der Waals surface area (Å²) >= 11 is 12.0. The Kier molecular flexibility index (Phi) is 5.48. The van der Waals surface area contributed by atoms with Crippen LogP contribution in [0.4, 0.5) is 5.69 Å². The molecule has 0 amide bonds. The third-order valence-electron chi connectivity index (χ3n) is 4.22. The molecule has 0 aliphatic carbocycles. The molecule has 1 atom stereocenters. The maximum atomic E-state index is 12.8. The fourth-order valence-corrected chi connectivity index (χ4v) is 5.23. The van der Waals surface area contributed by atoms with E-state index in [9.17, 15) is 8.42 Å². The van der Waals surface area contributed by atoms with Crippen LogP contribution in [0.25, 0.3) is 10.9 Å². The smallest absolute Gasteiger partial charge is 0.244 e. The van der Waals surface area contributed by atoms with Crippen LogP contribution >= 0.6 is 23.2 Å². The number of fused-ring (bicyclic) bond motifs is 1. The van der Waals surface area contributed by atoms with Crippen molar-refractivity contribution < 1.29 is 8.42 Å². The van der Waals surface area contributed by atoms with Gasteiger partial charge in [0.2, 0.25) is 10.0 Å². The minimum atomic E-state index is -3.89.